The molecule has 7 heteroatoms. The van der Waals surface area contributed by atoms with E-state index in [1.54, 1.807) is 0 Å². The fourth-order valence-electron chi connectivity index (χ4n) is 3.66. The Kier molecular flexibility index (Phi) is 7.40. The van der Waals surface area contributed by atoms with Gasteiger partial charge in [-0.05, 0) is 42.4 Å². The quantitative estimate of drug-likeness (QED) is 0.767. The van der Waals surface area contributed by atoms with Crippen LogP contribution in [-0.4, -0.2) is 37.8 Å². The summed E-state index contributed by atoms with van der Waals surface area (Å²) in [4.78, 5) is 12.6. The molecule has 1 saturated heterocycles. The van der Waals surface area contributed by atoms with Crippen LogP contribution in [0.3, 0.4) is 0 Å². The molecule has 0 unspecified atom stereocenters. The normalized spacial score (nSPS) is 17.0. The Balaban J connectivity index is 1.91. The number of hydrogen-bond acceptors (Lipinski definition) is 3. The summed E-state index contributed by atoms with van der Waals surface area (Å²) >= 11 is 0. The Morgan fingerprint density at radius 2 is 1.63 bits per heavy atom. The number of nitrogens with one attached hydrogen (secondary N) is 1. The Morgan fingerprint density at radius 3 is 2.11 bits per heavy atom. The molecule has 0 aromatic heterocycles. The maximum absolute atomic E-state index is 13.0. The van der Waals surface area contributed by atoms with Gasteiger partial charge >= 0.3 is 0 Å². The van der Waals surface area contributed by atoms with E-state index in [2.05, 4.69) is 33.0 Å². The van der Waals surface area contributed by atoms with E-state index in [0.717, 1.165) is 0 Å². The Labute approximate surface area is 162 Å². The van der Waals surface area contributed by atoms with Crippen molar-refractivity contribution in [3.8, 4) is 0 Å². The Bertz CT molecular complexity index is 716. The van der Waals surface area contributed by atoms with Gasteiger partial charge in [0.2, 0.25) is 15.9 Å². The van der Waals surface area contributed by atoms with E-state index in [-0.39, 0.29) is 29.4 Å². The smallest absolute Gasteiger partial charge is 0.223 e. The number of benzene rings is 1. The molecule has 0 aliphatic carbocycles. The Hall–Kier alpha value is -1.47. The van der Waals surface area contributed by atoms with Gasteiger partial charge in [0.25, 0.3) is 0 Å². The minimum absolute atomic E-state index is 0.0259. The van der Waals surface area contributed by atoms with E-state index in [1.807, 2.05) is 0 Å². The van der Waals surface area contributed by atoms with Crippen molar-refractivity contribution in [3.63, 3.8) is 0 Å². The van der Waals surface area contributed by atoms with Crippen LogP contribution in [0.5, 0.6) is 0 Å². The van der Waals surface area contributed by atoms with Crippen molar-refractivity contribution in [2.75, 3.05) is 13.1 Å². The minimum atomic E-state index is -3.47. The fourth-order valence-corrected chi connectivity index (χ4v) is 5.23. The van der Waals surface area contributed by atoms with Crippen LogP contribution in [0, 0.1) is 23.6 Å². The molecule has 0 bridgehead atoms. The predicted octanol–water partition coefficient (Wildman–Crippen LogP) is 3.16. The van der Waals surface area contributed by atoms with Crippen LogP contribution in [0.25, 0.3) is 0 Å². The highest BCUT2D eigenvalue weighted by molar-refractivity contribution is 7.88. The topological polar surface area (TPSA) is 66.5 Å². The molecule has 1 aliphatic rings. The third kappa shape index (κ3) is 6.01. The zero-order valence-corrected chi connectivity index (χ0v) is 17.4. The van der Waals surface area contributed by atoms with Gasteiger partial charge in [-0.3, -0.25) is 4.79 Å². The van der Waals surface area contributed by atoms with Gasteiger partial charge in [0, 0.05) is 25.0 Å². The van der Waals surface area contributed by atoms with Crippen LogP contribution < -0.4 is 5.32 Å². The average molecular weight is 399 g/mol. The predicted molar refractivity (Wildman–Crippen MR) is 105 cm³/mol. The summed E-state index contributed by atoms with van der Waals surface area (Å²) in [6, 6.07) is 5.64. The number of piperidine rings is 1. The molecule has 1 aromatic rings. The molecular formula is C20H31FN2O3S. The van der Waals surface area contributed by atoms with Gasteiger partial charge in [-0.25, -0.2) is 17.1 Å². The number of carbonyl (C=O) groups is 1. The second-order valence-corrected chi connectivity index (χ2v) is 10.0. The number of hydrogen-bond donors (Lipinski definition) is 1. The molecule has 152 valence electrons. The first-order valence-corrected chi connectivity index (χ1v) is 11.2. The van der Waals surface area contributed by atoms with Crippen LogP contribution >= 0.6 is 0 Å². The van der Waals surface area contributed by atoms with Gasteiger partial charge in [-0.15, -0.1) is 0 Å². The number of amides is 1. The largest absolute Gasteiger partial charge is 0.353 e. The highest BCUT2D eigenvalue weighted by atomic mass is 32.2. The standard InChI is InChI=1S/C20H31FN2O3S/c1-14(2)19(15(3)4)22-20(24)17-9-11-23(12-10-17)27(25,26)13-16-5-7-18(21)8-6-16/h5-8,14-15,17,19H,9-13H2,1-4H3,(H,22,24). The van der Waals surface area contributed by atoms with Gasteiger partial charge < -0.3 is 5.32 Å². The number of halogens is 1. The van der Waals surface area contributed by atoms with Crippen molar-refractivity contribution in [1.82, 2.24) is 9.62 Å². The summed E-state index contributed by atoms with van der Waals surface area (Å²) < 4.78 is 39.6. The molecule has 0 radical (unpaired) electrons. The number of carbonyl (C=O) groups excluding carboxylic acids is 1. The van der Waals surface area contributed by atoms with Crippen molar-refractivity contribution in [3.05, 3.63) is 35.6 Å². The molecule has 1 aliphatic heterocycles. The Morgan fingerprint density at radius 1 is 1.11 bits per heavy atom. The van der Waals surface area contributed by atoms with Gasteiger partial charge in [0.1, 0.15) is 5.82 Å². The monoisotopic (exact) mass is 398 g/mol. The molecule has 0 saturated carbocycles. The second kappa shape index (κ2) is 9.15. The summed E-state index contributed by atoms with van der Waals surface area (Å²) in [5.41, 5.74) is 0.563. The van der Waals surface area contributed by atoms with Crippen molar-refractivity contribution >= 4 is 15.9 Å². The lowest BCUT2D eigenvalue weighted by atomic mass is 9.91. The molecular weight excluding hydrogens is 367 g/mol. The van der Waals surface area contributed by atoms with Gasteiger partial charge in [0.15, 0.2) is 0 Å². The molecule has 1 N–H and O–H groups in total. The number of sulfonamides is 1. The molecule has 0 spiro atoms. The van der Waals surface area contributed by atoms with Crippen LogP contribution in [0.1, 0.15) is 46.1 Å². The van der Waals surface area contributed by atoms with Gasteiger partial charge in [0.05, 0.1) is 5.75 Å². The van der Waals surface area contributed by atoms with Crippen molar-refractivity contribution in [2.45, 2.75) is 52.3 Å². The SMILES string of the molecule is CC(C)C(NC(=O)C1CCN(S(=O)(=O)Cc2ccc(F)cc2)CC1)C(C)C. The van der Waals surface area contributed by atoms with E-state index in [9.17, 15) is 17.6 Å². The number of nitrogens with zero attached hydrogens (tertiary/aromatic N) is 1. The third-order valence-electron chi connectivity index (χ3n) is 5.23. The van der Waals surface area contributed by atoms with Crippen LogP contribution in [0.2, 0.25) is 0 Å². The van der Waals surface area contributed by atoms with Crippen molar-refractivity contribution in [2.24, 2.45) is 17.8 Å². The molecule has 1 aromatic carbocycles. The first kappa shape index (κ1) is 21.8. The zero-order chi connectivity index (χ0) is 20.2. The average Bonchev–Trinajstić information content (AvgIpc) is 2.60. The van der Waals surface area contributed by atoms with E-state index >= 15 is 0 Å². The highest BCUT2D eigenvalue weighted by Gasteiger charge is 2.32. The highest BCUT2D eigenvalue weighted by Crippen LogP contribution is 2.23. The maximum atomic E-state index is 13.0. The van der Waals surface area contributed by atoms with E-state index in [4.69, 9.17) is 0 Å². The first-order chi connectivity index (χ1) is 12.6. The van der Waals surface area contributed by atoms with Crippen LogP contribution in [0.15, 0.2) is 24.3 Å². The van der Waals surface area contributed by atoms with Crippen molar-refractivity contribution < 1.29 is 17.6 Å². The summed E-state index contributed by atoms with van der Waals surface area (Å²) in [6.45, 7) is 9.06. The molecule has 0 atom stereocenters. The lowest BCUT2D eigenvalue weighted by molar-refractivity contribution is -0.127. The molecule has 27 heavy (non-hydrogen) atoms. The van der Waals surface area contributed by atoms with Crippen LogP contribution in [0.4, 0.5) is 4.39 Å². The lowest BCUT2D eigenvalue weighted by Crippen LogP contribution is -2.48. The summed E-state index contributed by atoms with van der Waals surface area (Å²) in [6.07, 6.45) is 1.05. The van der Waals surface area contributed by atoms with Crippen molar-refractivity contribution in [1.29, 1.82) is 0 Å². The fraction of sp³-hybridized carbons (Fsp3) is 0.650. The molecule has 1 fully saturated rings. The lowest BCUT2D eigenvalue weighted by Gasteiger charge is -2.33. The third-order valence-corrected chi connectivity index (χ3v) is 7.08. The molecule has 2 rings (SSSR count). The number of rotatable bonds is 7. The van der Waals surface area contributed by atoms with E-state index in [0.29, 0.717) is 43.3 Å². The second-order valence-electron chi connectivity index (χ2n) is 8.08. The summed E-state index contributed by atoms with van der Waals surface area (Å²) in [5, 5.41) is 3.14. The molecule has 1 amide bonds. The maximum Gasteiger partial charge on any atom is 0.223 e. The minimum Gasteiger partial charge on any atom is -0.353 e. The molecule has 5 nitrogen and oxygen atoms in total. The first-order valence-electron chi connectivity index (χ1n) is 9.62. The summed E-state index contributed by atoms with van der Waals surface area (Å²) in [5.74, 6) is 0.0481. The molecule has 1 heterocycles. The zero-order valence-electron chi connectivity index (χ0n) is 16.6. The van der Waals surface area contributed by atoms with Gasteiger partial charge in [-0.1, -0.05) is 39.8 Å². The van der Waals surface area contributed by atoms with Crippen LogP contribution in [-0.2, 0) is 20.6 Å². The van der Waals surface area contributed by atoms with E-state index in [1.165, 1.54) is 28.6 Å². The summed E-state index contributed by atoms with van der Waals surface area (Å²) in [7, 11) is -3.47. The van der Waals surface area contributed by atoms with E-state index < -0.39 is 10.0 Å². The van der Waals surface area contributed by atoms with Gasteiger partial charge in [-0.2, -0.15) is 0 Å².